The number of anilines is 1. The summed E-state index contributed by atoms with van der Waals surface area (Å²) in [5.74, 6) is -0.104. The zero-order chi connectivity index (χ0) is 11.5. The molecular formula is C12H9BrN2O. The summed E-state index contributed by atoms with van der Waals surface area (Å²) >= 11 is 3.34. The van der Waals surface area contributed by atoms with Crippen molar-refractivity contribution in [2.24, 2.45) is 0 Å². The van der Waals surface area contributed by atoms with Crippen LogP contribution in [0.15, 0.2) is 47.2 Å². The van der Waals surface area contributed by atoms with Crippen LogP contribution in [0.1, 0.15) is 15.9 Å². The van der Waals surface area contributed by atoms with E-state index in [1.54, 1.807) is 18.3 Å². The van der Waals surface area contributed by atoms with Gasteiger partial charge in [-0.3, -0.25) is 9.78 Å². The Balaban J connectivity index is 2.48. The normalized spacial score (nSPS) is 10.1. The molecule has 3 nitrogen and oxygen atoms in total. The lowest BCUT2D eigenvalue weighted by molar-refractivity contribution is 0.103. The van der Waals surface area contributed by atoms with Crippen LogP contribution >= 0.6 is 15.9 Å². The molecule has 1 heterocycles. The Morgan fingerprint density at radius 2 is 1.94 bits per heavy atom. The van der Waals surface area contributed by atoms with Crippen LogP contribution in [-0.2, 0) is 0 Å². The van der Waals surface area contributed by atoms with Gasteiger partial charge in [0.1, 0.15) is 0 Å². The fourth-order valence-electron chi connectivity index (χ4n) is 1.40. The van der Waals surface area contributed by atoms with Gasteiger partial charge in [0.05, 0.1) is 11.9 Å². The van der Waals surface area contributed by atoms with Crippen molar-refractivity contribution in [3.8, 4) is 0 Å². The third kappa shape index (κ3) is 1.97. The maximum atomic E-state index is 12.2. The van der Waals surface area contributed by atoms with E-state index in [1.165, 1.54) is 6.20 Å². The molecule has 0 aliphatic heterocycles. The number of hydrogen-bond donors (Lipinski definition) is 1. The zero-order valence-electron chi connectivity index (χ0n) is 8.35. The van der Waals surface area contributed by atoms with Gasteiger partial charge in [0.25, 0.3) is 0 Å². The average molecular weight is 277 g/mol. The van der Waals surface area contributed by atoms with Crippen molar-refractivity contribution < 1.29 is 4.79 Å². The van der Waals surface area contributed by atoms with Gasteiger partial charge in [-0.25, -0.2) is 0 Å². The van der Waals surface area contributed by atoms with E-state index in [-0.39, 0.29) is 5.78 Å². The molecule has 0 fully saturated rings. The number of nitrogen functional groups attached to an aromatic ring is 1. The van der Waals surface area contributed by atoms with Crippen molar-refractivity contribution >= 4 is 27.4 Å². The SMILES string of the molecule is Nc1cnccc1C(=O)c1ccccc1Br. The minimum absolute atomic E-state index is 0.104. The lowest BCUT2D eigenvalue weighted by Crippen LogP contribution is -2.06. The quantitative estimate of drug-likeness (QED) is 0.858. The summed E-state index contributed by atoms with van der Waals surface area (Å²) in [5.41, 5.74) is 7.17. The third-order valence-corrected chi connectivity index (χ3v) is 2.91. The van der Waals surface area contributed by atoms with E-state index in [0.29, 0.717) is 16.8 Å². The second-order valence-corrected chi connectivity index (χ2v) is 4.13. The maximum absolute atomic E-state index is 12.2. The fraction of sp³-hybridized carbons (Fsp3) is 0. The number of nitrogens with zero attached hydrogens (tertiary/aromatic N) is 1. The fourth-order valence-corrected chi connectivity index (χ4v) is 1.87. The van der Waals surface area contributed by atoms with Gasteiger partial charge in [0.15, 0.2) is 5.78 Å². The number of ketones is 1. The first-order valence-electron chi connectivity index (χ1n) is 4.69. The summed E-state index contributed by atoms with van der Waals surface area (Å²) in [6.07, 6.45) is 3.03. The van der Waals surface area contributed by atoms with E-state index < -0.39 is 0 Å². The highest BCUT2D eigenvalue weighted by Crippen LogP contribution is 2.21. The highest BCUT2D eigenvalue weighted by molar-refractivity contribution is 9.10. The molecular weight excluding hydrogens is 268 g/mol. The van der Waals surface area contributed by atoms with Gasteiger partial charge in [0, 0.05) is 21.8 Å². The van der Waals surface area contributed by atoms with Crippen LogP contribution in [-0.4, -0.2) is 10.8 Å². The summed E-state index contributed by atoms with van der Waals surface area (Å²) in [6.45, 7) is 0. The third-order valence-electron chi connectivity index (χ3n) is 2.22. The Bertz CT molecular complexity index is 493. The van der Waals surface area contributed by atoms with Gasteiger partial charge in [-0.05, 0) is 18.2 Å². The van der Waals surface area contributed by atoms with Gasteiger partial charge < -0.3 is 5.73 Å². The van der Waals surface area contributed by atoms with Crippen molar-refractivity contribution in [2.45, 2.75) is 0 Å². The molecule has 0 saturated carbocycles. The maximum Gasteiger partial charge on any atom is 0.196 e. The predicted octanol–water partition coefficient (Wildman–Crippen LogP) is 2.66. The second kappa shape index (κ2) is 4.45. The predicted molar refractivity (Wildman–Crippen MR) is 66.2 cm³/mol. The molecule has 0 aliphatic rings. The molecule has 2 aromatic rings. The van der Waals surface area contributed by atoms with Crippen LogP contribution < -0.4 is 5.73 Å². The number of pyridine rings is 1. The smallest absolute Gasteiger partial charge is 0.196 e. The number of hydrogen-bond acceptors (Lipinski definition) is 3. The van der Waals surface area contributed by atoms with Crippen LogP contribution in [0.25, 0.3) is 0 Å². The number of halogens is 1. The van der Waals surface area contributed by atoms with Crippen molar-refractivity contribution in [1.82, 2.24) is 4.98 Å². The van der Waals surface area contributed by atoms with Crippen LogP contribution in [0, 0.1) is 0 Å². The highest BCUT2D eigenvalue weighted by Gasteiger charge is 2.14. The molecule has 16 heavy (non-hydrogen) atoms. The number of carbonyl (C=O) groups excluding carboxylic acids is 1. The van der Waals surface area contributed by atoms with Crippen molar-refractivity contribution in [3.63, 3.8) is 0 Å². The summed E-state index contributed by atoms with van der Waals surface area (Å²) in [7, 11) is 0. The lowest BCUT2D eigenvalue weighted by Gasteiger charge is -2.05. The van der Waals surface area contributed by atoms with E-state index in [4.69, 9.17) is 5.73 Å². The number of rotatable bonds is 2. The van der Waals surface area contributed by atoms with Crippen molar-refractivity contribution in [3.05, 3.63) is 58.3 Å². The first-order valence-corrected chi connectivity index (χ1v) is 5.48. The van der Waals surface area contributed by atoms with Crippen molar-refractivity contribution in [1.29, 1.82) is 0 Å². The Labute approximate surface area is 101 Å². The number of benzene rings is 1. The Morgan fingerprint density at radius 3 is 2.62 bits per heavy atom. The molecule has 0 unspecified atom stereocenters. The molecule has 4 heteroatoms. The van der Waals surface area contributed by atoms with Gasteiger partial charge in [-0.1, -0.05) is 28.1 Å². The molecule has 2 N–H and O–H groups in total. The van der Waals surface area contributed by atoms with Gasteiger partial charge >= 0.3 is 0 Å². The van der Waals surface area contributed by atoms with E-state index in [2.05, 4.69) is 20.9 Å². The standard InChI is InChI=1S/C12H9BrN2O/c13-10-4-2-1-3-8(10)12(16)9-5-6-15-7-11(9)14/h1-7H,14H2. The Morgan fingerprint density at radius 1 is 1.19 bits per heavy atom. The molecule has 80 valence electrons. The second-order valence-electron chi connectivity index (χ2n) is 3.27. The van der Waals surface area contributed by atoms with Crippen LogP contribution in [0.3, 0.4) is 0 Å². The molecule has 0 saturated heterocycles. The van der Waals surface area contributed by atoms with E-state index in [1.807, 2.05) is 18.2 Å². The van der Waals surface area contributed by atoms with E-state index in [0.717, 1.165) is 4.47 Å². The Kier molecular flexibility index (Phi) is 3.01. The number of nitrogens with two attached hydrogens (primary N) is 1. The molecule has 0 spiro atoms. The molecule has 0 radical (unpaired) electrons. The molecule has 1 aromatic heterocycles. The van der Waals surface area contributed by atoms with E-state index >= 15 is 0 Å². The Hall–Kier alpha value is -1.68. The van der Waals surface area contributed by atoms with Gasteiger partial charge in [0.2, 0.25) is 0 Å². The number of carbonyl (C=O) groups is 1. The average Bonchev–Trinajstić information content (AvgIpc) is 2.29. The van der Waals surface area contributed by atoms with Crippen LogP contribution in [0.4, 0.5) is 5.69 Å². The number of aromatic nitrogens is 1. The van der Waals surface area contributed by atoms with Gasteiger partial charge in [-0.15, -0.1) is 0 Å². The van der Waals surface area contributed by atoms with Crippen LogP contribution in [0.5, 0.6) is 0 Å². The summed E-state index contributed by atoms with van der Waals surface area (Å²) < 4.78 is 0.760. The minimum atomic E-state index is -0.104. The van der Waals surface area contributed by atoms with Crippen LogP contribution in [0.2, 0.25) is 0 Å². The lowest BCUT2D eigenvalue weighted by atomic mass is 10.0. The van der Waals surface area contributed by atoms with Crippen molar-refractivity contribution in [2.75, 3.05) is 5.73 Å². The first-order chi connectivity index (χ1) is 7.70. The molecule has 0 amide bonds. The molecule has 0 aliphatic carbocycles. The minimum Gasteiger partial charge on any atom is -0.397 e. The monoisotopic (exact) mass is 276 g/mol. The van der Waals surface area contributed by atoms with Gasteiger partial charge in [-0.2, -0.15) is 0 Å². The topological polar surface area (TPSA) is 56.0 Å². The molecule has 0 bridgehead atoms. The highest BCUT2D eigenvalue weighted by atomic mass is 79.9. The summed E-state index contributed by atoms with van der Waals surface area (Å²) in [6, 6.07) is 8.88. The summed E-state index contributed by atoms with van der Waals surface area (Å²) in [5, 5.41) is 0. The largest absolute Gasteiger partial charge is 0.397 e. The first kappa shape index (κ1) is 10.8. The summed E-state index contributed by atoms with van der Waals surface area (Å²) in [4.78, 5) is 16.0. The molecule has 0 atom stereocenters. The van der Waals surface area contributed by atoms with E-state index in [9.17, 15) is 4.79 Å². The molecule has 2 rings (SSSR count). The zero-order valence-corrected chi connectivity index (χ0v) is 9.94. The molecule has 1 aromatic carbocycles.